The van der Waals surface area contributed by atoms with Crippen LogP contribution >= 0.6 is 0 Å². The van der Waals surface area contributed by atoms with Gasteiger partial charge in [0.1, 0.15) is 12.0 Å². The Labute approximate surface area is 138 Å². The third-order valence-corrected chi connectivity index (χ3v) is 3.16. The van der Waals surface area contributed by atoms with E-state index >= 15 is 0 Å². The number of hydrogen-bond acceptors (Lipinski definition) is 9. The molecule has 0 bridgehead atoms. The van der Waals surface area contributed by atoms with E-state index in [1.54, 1.807) is 18.2 Å². The molecule has 0 aliphatic carbocycles. The van der Waals surface area contributed by atoms with Gasteiger partial charge in [-0.15, -0.1) is 0 Å². The number of esters is 1. The summed E-state index contributed by atoms with van der Waals surface area (Å²) >= 11 is 0. The van der Waals surface area contributed by atoms with Gasteiger partial charge in [-0.3, -0.25) is 4.79 Å². The maximum atomic E-state index is 12.3. The minimum Gasteiger partial charge on any atom is -0.425 e. The first-order valence-corrected chi connectivity index (χ1v) is 6.84. The Morgan fingerprint density at radius 2 is 2.00 bits per heavy atom. The van der Waals surface area contributed by atoms with Crippen molar-refractivity contribution in [1.29, 1.82) is 5.26 Å². The minimum absolute atomic E-state index is 0.110. The molecule has 2 unspecified atom stereocenters. The lowest BCUT2D eigenvalue weighted by atomic mass is 9.87. The van der Waals surface area contributed by atoms with Gasteiger partial charge in [-0.05, 0) is 29.8 Å². The predicted octanol–water partition coefficient (Wildman–Crippen LogP) is -1.02. The molecule has 126 valence electrons. The molecule has 9 nitrogen and oxygen atoms in total. The number of ether oxygens (including phenoxy) is 1. The standard InChI is InChI=1S/C15H17N5O4/c16-7-6-15(18,13(22)12(17)5-8-21)14(23)24-11-3-1-10(2-4-11)9-20-19/h1-4,8-9,12H,5-6,17-19H2. The predicted molar refractivity (Wildman–Crippen MR) is 84.7 cm³/mol. The molecule has 0 radical (unpaired) electrons. The van der Waals surface area contributed by atoms with E-state index in [1.165, 1.54) is 18.3 Å². The van der Waals surface area contributed by atoms with Crippen LogP contribution in [0.25, 0.3) is 0 Å². The summed E-state index contributed by atoms with van der Waals surface area (Å²) in [5.41, 5.74) is 9.71. The van der Waals surface area contributed by atoms with E-state index in [9.17, 15) is 14.4 Å². The zero-order valence-corrected chi connectivity index (χ0v) is 12.7. The molecular formula is C15H17N5O4. The lowest BCUT2D eigenvalue weighted by Crippen LogP contribution is -2.61. The lowest BCUT2D eigenvalue weighted by Gasteiger charge is -2.25. The van der Waals surface area contributed by atoms with E-state index in [4.69, 9.17) is 27.3 Å². The minimum atomic E-state index is -2.26. The third-order valence-electron chi connectivity index (χ3n) is 3.16. The van der Waals surface area contributed by atoms with Crippen LogP contribution in [0.2, 0.25) is 0 Å². The Hall–Kier alpha value is -3.09. The van der Waals surface area contributed by atoms with Gasteiger partial charge in [-0.25, -0.2) is 4.79 Å². The molecule has 6 N–H and O–H groups in total. The average Bonchev–Trinajstić information content (AvgIpc) is 2.56. The molecule has 9 heteroatoms. The number of carbonyl (C=O) groups excluding carboxylic acids is 3. The fourth-order valence-electron chi connectivity index (χ4n) is 1.83. The van der Waals surface area contributed by atoms with Crippen LogP contribution < -0.4 is 22.0 Å². The number of hydrazone groups is 1. The fraction of sp³-hybridized carbons (Fsp3) is 0.267. The Bertz CT molecular complexity index is 680. The molecule has 1 rings (SSSR count). The highest BCUT2D eigenvalue weighted by Gasteiger charge is 2.46. The largest absolute Gasteiger partial charge is 0.425 e. The summed E-state index contributed by atoms with van der Waals surface area (Å²) in [5.74, 6) is 3.06. The van der Waals surface area contributed by atoms with Crippen LogP contribution in [0, 0.1) is 11.3 Å². The van der Waals surface area contributed by atoms with E-state index in [0.29, 0.717) is 11.8 Å². The first-order valence-electron chi connectivity index (χ1n) is 6.84. The van der Waals surface area contributed by atoms with Gasteiger partial charge in [0.05, 0.1) is 24.7 Å². The van der Waals surface area contributed by atoms with Crippen LogP contribution in [0.5, 0.6) is 5.75 Å². The van der Waals surface area contributed by atoms with Gasteiger partial charge in [0.25, 0.3) is 0 Å². The van der Waals surface area contributed by atoms with Crippen molar-refractivity contribution in [3.8, 4) is 11.8 Å². The monoisotopic (exact) mass is 331 g/mol. The zero-order chi connectivity index (χ0) is 18.2. The van der Waals surface area contributed by atoms with Crippen LogP contribution in [0.15, 0.2) is 29.4 Å². The topological polar surface area (TPSA) is 175 Å². The molecule has 24 heavy (non-hydrogen) atoms. The Kier molecular flexibility index (Phi) is 6.73. The Balaban J connectivity index is 2.99. The average molecular weight is 331 g/mol. The van der Waals surface area contributed by atoms with Gasteiger partial charge >= 0.3 is 5.97 Å². The lowest BCUT2D eigenvalue weighted by molar-refractivity contribution is -0.146. The summed E-state index contributed by atoms with van der Waals surface area (Å²) in [6, 6.07) is 6.39. The number of carbonyl (C=O) groups is 3. The van der Waals surface area contributed by atoms with Crippen molar-refractivity contribution in [2.24, 2.45) is 22.4 Å². The summed E-state index contributed by atoms with van der Waals surface area (Å²) in [5, 5.41) is 12.2. The first-order chi connectivity index (χ1) is 11.4. The smallest absolute Gasteiger partial charge is 0.340 e. The molecule has 0 aliphatic rings. The van der Waals surface area contributed by atoms with Crippen molar-refractivity contribution in [3.63, 3.8) is 0 Å². The van der Waals surface area contributed by atoms with Crippen LogP contribution in [-0.2, 0) is 14.4 Å². The van der Waals surface area contributed by atoms with Gasteiger partial charge in [-0.1, -0.05) is 0 Å². The number of ketones is 1. The molecular weight excluding hydrogens is 314 g/mol. The Morgan fingerprint density at radius 3 is 2.50 bits per heavy atom. The van der Waals surface area contributed by atoms with Crippen molar-refractivity contribution in [2.75, 3.05) is 0 Å². The molecule has 0 fully saturated rings. The number of Topliss-reactive ketones (excluding diaryl/α,β-unsaturated/α-hetero) is 1. The van der Waals surface area contributed by atoms with Gasteiger partial charge in [0.15, 0.2) is 11.3 Å². The van der Waals surface area contributed by atoms with Gasteiger partial charge in [0, 0.05) is 6.42 Å². The normalized spacial score (nSPS) is 14.4. The van der Waals surface area contributed by atoms with E-state index in [0.717, 1.165) is 0 Å². The Morgan fingerprint density at radius 1 is 1.38 bits per heavy atom. The molecule has 0 aliphatic heterocycles. The second kappa shape index (κ2) is 8.52. The van der Waals surface area contributed by atoms with Crippen LogP contribution in [-0.4, -0.2) is 35.8 Å². The summed E-state index contributed by atoms with van der Waals surface area (Å²) in [7, 11) is 0. The van der Waals surface area contributed by atoms with Crippen molar-refractivity contribution in [2.45, 2.75) is 24.4 Å². The van der Waals surface area contributed by atoms with E-state index < -0.39 is 29.8 Å². The van der Waals surface area contributed by atoms with Crippen LogP contribution in [0.1, 0.15) is 18.4 Å². The van der Waals surface area contributed by atoms with Crippen LogP contribution in [0.3, 0.4) is 0 Å². The molecule has 0 heterocycles. The van der Waals surface area contributed by atoms with Crippen molar-refractivity contribution >= 4 is 24.3 Å². The second-order valence-corrected chi connectivity index (χ2v) is 4.92. The van der Waals surface area contributed by atoms with Gasteiger partial charge < -0.3 is 26.8 Å². The summed E-state index contributed by atoms with van der Waals surface area (Å²) in [6.07, 6.45) is 0.869. The molecule has 1 aromatic rings. The fourth-order valence-corrected chi connectivity index (χ4v) is 1.83. The number of nitrogens with zero attached hydrogens (tertiary/aromatic N) is 2. The highest BCUT2D eigenvalue weighted by atomic mass is 16.5. The highest BCUT2D eigenvalue weighted by molar-refractivity contribution is 6.11. The number of rotatable bonds is 8. The highest BCUT2D eigenvalue weighted by Crippen LogP contribution is 2.18. The first kappa shape index (κ1) is 19.0. The van der Waals surface area contributed by atoms with Crippen molar-refractivity contribution < 1.29 is 19.1 Å². The quantitative estimate of drug-likeness (QED) is 0.103. The molecule has 2 atom stereocenters. The molecule has 0 aromatic heterocycles. The number of nitrogens with two attached hydrogens (primary N) is 3. The molecule has 0 saturated heterocycles. The number of nitriles is 1. The number of aldehydes is 1. The third kappa shape index (κ3) is 4.45. The molecule has 0 spiro atoms. The SMILES string of the molecule is N#CCC(N)(C(=O)Oc1ccc(C=NN)cc1)C(=O)C(N)CC=O. The molecule has 0 amide bonds. The number of benzene rings is 1. The van der Waals surface area contributed by atoms with Gasteiger partial charge in [0.2, 0.25) is 0 Å². The van der Waals surface area contributed by atoms with Crippen LogP contribution in [0.4, 0.5) is 0 Å². The van der Waals surface area contributed by atoms with E-state index in [1.807, 2.05) is 0 Å². The summed E-state index contributed by atoms with van der Waals surface area (Å²) < 4.78 is 5.06. The summed E-state index contributed by atoms with van der Waals surface area (Å²) in [6.45, 7) is 0. The van der Waals surface area contributed by atoms with E-state index in [2.05, 4.69) is 5.10 Å². The maximum absolute atomic E-state index is 12.3. The van der Waals surface area contributed by atoms with Crippen molar-refractivity contribution in [1.82, 2.24) is 0 Å². The molecule has 0 saturated carbocycles. The second-order valence-electron chi connectivity index (χ2n) is 4.92. The van der Waals surface area contributed by atoms with E-state index in [-0.39, 0.29) is 12.2 Å². The zero-order valence-electron chi connectivity index (χ0n) is 12.7. The van der Waals surface area contributed by atoms with Crippen molar-refractivity contribution in [3.05, 3.63) is 29.8 Å². The maximum Gasteiger partial charge on any atom is 0.340 e. The summed E-state index contributed by atoms with van der Waals surface area (Å²) in [4.78, 5) is 35.0. The molecule has 1 aromatic carbocycles. The van der Waals surface area contributed by atoms with Gasteiger partial charge in [-0.2, -0.15) is 10.4 Å². The number of hydrogen-bond donors (Lipinski definition) is 3.